The fraction of sp³-hybridized carbons (Fsp3) is 0.368. The average Bonchev–Trinajstić information content (AvgIpc) is 3.44. The zero-order chi connectivity index (χ0) is 33.6. The first-order valence-electron chi connectivity index (χ1n) is 16.4. The second-order valence-corrected chi connectivity index (χ2v) is 17.2. The molecule has 1 unspecified atom stereocenters. The highest BCUT2D eigenvalue weighted by molar-refractivity contribution is 9.11. The zero-order valence-electron chi connectivity index (χ0n) is 27.3. The zero-order valence-corrected chi connectivity index (χ0v) is 30.5. The standard InChI is InChI=1S/C38H43BrN2O4S2/c1-4-5-6-10-16-37(31-13-8-7-9-14-31)41(47(44,45)35-24-20-30(3)21-25-35)28-33(39)26-32-27-40(38-17-12-11-15-36(32)38)46(42,43)34-22-18-29(2)19-23-34/h11-12,15,17-27,31,37H,4-9,13-14,28H2,1-3H3/b33-26-. The van der Waals surface area contributed by atoms with Crippen molar-refractivity contribution >= 4 is 53.0 Å². The molecular formula is C38H43BrN2O4S2. The molecule has 3 aromatic carbocycles. The lowest BCUT2D eigenvalue weighted by molar-refractivity contribution is 0.244. The van der Waals surface area contributed by atoms with Crippen LogP contribution in [0.5, 0.6) is 0 Å². The Balaban J connectivity index is 1.59. The van der Waals surface area contributed by atoms with Gasteiger partial charge in [0.1, 0.15) is 0 Å². The fourth-order valence-corrected chi connectivity index (χ4v) is 9.82. The average molecular weight is 736 g/mol. The van der Waals surface area contributed by atoms with Gasteiger partial charge in [0.2, 0.25) is 10.0 Å². The van der Waals surface area contributed by atoms with Gasteiger partial charge >= 0.3 is 0 Å². The molecular weight excluding hydrogens is 692 g/mol. The summed E-state index contributed by atoms with van der Waals surface area (Å²) in [5.74, 6) is 6.87. The molecule has 1 heterocycles. The number of rotatable bonds is 11. The number of para-hydroxylation sites is 1. The summed E-state index contributed by atoms with van der Waals surface area (Å²) < 4.78 is 60.0. The molecule has 248 valence electrons. The first kappa shape index (κ1) is 35.2. The minimum atomic E-state index is -3.94. The van der Waals surface area contributed by atoms with Crippen molar-refractivity contribution in [3.8, 4) is 11.8 Å². The lowest BCUT2D eigenvalue weighted by Crippen LogP contribution is -2.45. The predicted octanol–water partition coefficient (Wildman–Crippen LogP) is 9.06. The molecule has 0 saturated heterocycles. The summed E-state index contributed by atoms with van der Waals surface area (Å²) in [5.41, 5.74) is 3.17. The van der Waals surface area contributed by atoms with Gasteiger partial charge < -0.3 is 0 Å². The van der Waals surface area contributed by atoms with Crippen molar-refractivity contribution < 1.29 is 16.8 Å². The van der Waals surface area contributed by atoms with Crippen LogP contribution in [0.1, 0.15) is 75.0 Å². The SMILES string of the molecule is CCCCC#CC(C1CCCCC1)N(C/C(Br)=C/c1cn(S(=O)(=O)c2ccc(C)cc2)c2ccccc12)S(=O)(=O)c1ccc(C)cc1. The summed E-state index contributed by atoms with van der Waals surface area (Å²) in [6.45, 7) is 6.04. The third-order valence-corrected chi connectivity index (χ3v) is 12.9. The molecule has 1 atom stereocenters. The van der Waals surface area contributed by atoms with Gasteiger partial charge in [-0.3, -0.25) is 0 Å². The third kappa shape index (κ3) is 8.11. The molecule has 0 aliphatic heterocycles. The van der Waals surface area contributed by atoms with Crippen LogP contribution in [0.2, 0.25) is 0 Å². The predicted molar refractivity (Wildman–Crippen MR) is 195 cm³/mol. The first-order valence-corrected chi connectivity index (χ1v) is 20.0. The number of fused-ring (bicyclic) bond motifs is 1. The molecule has 1 aliphatic rings. The number of benzene rings is 3. The number of hydrogen-bond acceptors (Lipinski definition) is 4. The van der Waals surface area contributed by atoms with E-state index < -0.39 is 26.1 Å². The molecule has 1 saturated carbocycles. The van der Waals surface area contributed by atoms with Crippen LogP contribution in [-0.4, -0.2) is 37.7 Å². The summed E-state index contributed by atoms with van der Waals surface area (Å²) in [6.07, 6.45) is 11.3. The summed E-state index contributed by atoms with van der Waals surface area (Å²) in [5, 5.41) is 0.747. The van der Waals surface area contributed by atoms with E-state index in [0.717, 1.165) is 67.9 Å². The van der Waals surface area contributed by atoms with E-state index in [-0.39, 0.29) is 22.3 Å². The third-order valence-electron chi connectivity index (χ3n) is 8.85. The number of aromatic nitrogens is 1. The molecule has 1 fully saturated rings. The Morgan fingerprint density at radius 2 is 1.53 bits per heavy atom. The first-order chi connectivity index (χ1) is 22.5. The molecule has 0 N–H and O–H groups in total. The summed E-state index contributed by atoms with van der Waals surface area (Å²) >= 11 is 3.72. The summed E-state index contributed by atoms with van der Waals surface area (Å²) in [4.78, 5) is 0.436. The lowest BCUT2D eigenvalue weighted by Gasteiger charge is -2.35. The minimum absolute atomic E-state index is 0.0596. The van der Waals surface area contributed by atoms with Gasteiger partial charge in [-0.1, -0.05) is 108 Å². The molecule has 47 heavy (non-hydrogen) atoms. The van der Waals surface area contributed by atoms with Crippen LogP contribution in [0, 0.1) is 31.6 Å². The van der Waals surface area contributed by atoms with Crippen molar-refractivity contribution in [1.29, 1.82) is 0 Å². The molecule has 5 rings (SSSR count). The Morgan fingerprint density at radius 1 is 0.915 bits per heavy atom. The van der Waals surface area contributed by atoms with Gasteiger partial charge in [0.05, 0.1) is 21.3 Å². The number of aryl methyl sites for hydroxylation is 2. The number of unbranched alkanes of at least 4 members (excludes halogenated alkanes) is 2. The van der Waals surface area contributed by atoms with Crippen LogP contribution < -0.4 is 0 Å². The van der Waals surface area contributed by atoms with Gasteiger partial charge in [0.25, 0.3) is 10.0 Å². The number of sulfonamides is 1. The monoisotopic (exact) mass is 734 g/mol. The molecule has 6 nitrogen and oxygen atoms in total. The van der Waals surface area contributed by atoms with Crippen LogP contribution in [0.4, 0.5) is 0 Å². The maximum absolute atomic E-state index is 14.5. The van der Waals surface area contributed by atoms with E-state index in [4.69, 9.17) is 0 Å². The van der Waals surface area contributed by atoms with Crippen LogP contribution >= 0.6 is 15.9 Å². The second kappa shape index (κ2) is 15.4. The molecule has 1 aliphatic carbocycles. The van der Waals surface area contributed by atoms with Gasteiger partial charge in [-0.25, -0.2) is 20.8 Å². The smallest absolute Gasteiger partial charge is 0.241 e. The minimum Gasteiger partial charge on any atom is -0.241 e. The lowest BCUT2D eigenvalue weighted by atomic mass is 9.84. The molecule has 0 amide bonds. The maximum Gasteiger partial charge on any atom is 0.268 e. The largest absolute Gasteiger partial charge is 0.268 e. The van der Waals surface area contributed by atoms with Crippen molar-refractivity contribution in [3.05, 3.63) is 100 Å². The van der Waals surface area contributed by atoms with E-state index in [1.807, 2.05) is 50.3 Å². The molecule has 9 heteroatoms. The van der Waals surface area contributed by atoms with Crippen LogP contribution in [-0.2, 0) is 20.0 Å². The van der Waals surface area contributed by atoms with Gasteiger partial charge in [-0.2, -0.15) is 4.31 Å². The summed E-state index contributed by atoms with van der Waals surface area (Å²) in [6, 6.07) is 20.6. The van der Waals surface area contributed by atoms with E-state index in [1.54, 1.807) is 53.0 Å². The van der Waals surface area contributed by atoms with Crippen LogP contribution in [0.15, 0.2) is 93.3 Å². The fourth-order valence-electron chi connectivity index (χ4n) is 6.17. The number of hydrogen-bond donors (Lipinski definition) is 0. The topological polar surface area (TPSA) is 76.5 Å². The Hall–Kier alpha value is -3.16. The molecule has 0 radical (unpaired) electrons. The van der Waals surface area contributed by atoms with E-state index >= 15 is 0 Å². The van der Waals surface area contributed by atoms with E-state index in [0.29, 0.717) is 15.6 Å². The Morgan fingerprint density at radius 3 is 2.17 bits per heavy atom. The van der Waals surface area contributed by atoms with Crippen molar-refractivity contribution in [2.75, 3.05) is 6.54 Å². The maximum atomic E-state index is 14.5. The van der Waals surface area contributed by atoms with Crippen molar-refractivity contribution in [2.24, 2.45) is 5.92 Å². The molecule has 4 aromatic rings. The van der Waals surface area contributed by atoms with Crippen molar-refractivity contribution in [1.82, 2.24) is 8.28 Å². The quantitative estimate of drug-likeness (QED) is 0.114. The normalized spacial score (nSPS) is 15.5. The van der Waals surface area contributed by atoms with E-state index in [2.05, 4.69) is 34.7 Å². The Labute approximate surface area is 289 Å². The van der Waals surface area contributed by atoms with E-state index in [1.165, 1.54) is 3.97 Å². The second-order valence-electron chi connectivity index (χ2n) is 12.4. The van der Waals surface area contributed by atoms with Crippen LogP contribution in [0.3, 0.4) is 0 Å². The van der Waals surface area contributed by atoms with Crippen molar-refractivity contribution in [3.63, 3.8) is 0 Å². The van der Waals surface area contributed by atoms with Gasteiger partial charge in [0, 0.05) is 34.6 Å². The summed E-state index contributed by atoms with van der Waals surface area (Å²) in [7, 11) is -7.82. The van der Waals surface area contributed by atoms with Gasteiger partial charge in [-0.15, -0.1) is 5.92 Å². The number of nitrogens with zero attached hydrogens (tertiary/aromatic N) is 2. The molecule has 0 bridgehead atoms. The van der Waals surface area contributed by atoms with Crippen molar-refractivity contribution in [2.45, 2.75) is 88.0 Å². The highest BCUT2D eigenvalue weighted by Crippen LogP contribution is 2.34. The van der Waals surface area contributed by atoms with E-state index in [9.17, 15) is 16.8 Å². The molecule has 1 aromatic heterocycles. The van der Waals surface area contributed by atoms with Gasteiger partial charge in [0.15, 0.2) is 0 Å². The number of halogens is 1. The Bertz CT molecular complexity index is 2000. The Kier molecular flexibility index (Phi) is 11.5. The molecule has 0 spiro atoms. The highest BCUT2D eigenvalue weighted by atomic mass is 79.9. The van der Waals surface area contributed by atoms with Gasteiger partial charge in [-0.05, 0) is 75.4 Å². The highest BCUT2D eigenvalue weighted by Gasteiger charge is 2.36. The van der Waals surface area contributed by atoms with Crippen LogP contribution in [0.25, 0.3) is 17.0 Å².